The minimum absolute atomic E-state index is 0.0157. The Balaban J connectivity index is 2.71. The van der Waals surface area contributed by atoms with Crippen LogP contribution in [0.25, 0.3) is 0 Å². The summed E-state index contributed by atoms with van der Waals surface area (Å²) in [7, 11) is 1.72. The lowest BCUT2D eigenvalue weighted by molar-refractivity contribution is -0.143. The first-order valence-electron chi connectivity index (χ1n) is 6.39. The summed E-state index contributed by atoms with van der Waals surface area (Å²) < 4.78 is 0. The van der Waals surface area contributed by atoms with Gasteiger partial charge in [-0.2, -0.15) is 0 Å². The Morgan fingerprint density at radius 1 is 1.24 bits per heavy atom. The highest BCUT2D eigenvalue weighted by Gasteiger charge is 2.35. The number of hydrogen-bond donors (Lipinski definition) is 1. The van der Waals surface area contributed by atoms with Crippen LogP contribution >= 0.6 is 0 Å². The number of likely N-dealkylation sites (N-methyl/N-ethyl adjacent to an activating group) is 1. The lowest BCUT2D eigenvalue weighted by Gasteiger charge is -2.35. The third-order valence-corrected chi connectivity index (χ3v) is 3.89. The van der Waals surface area contributed by atoms with Gasteiger partial charge >= 0.3 is 0 Å². The predicted molar refractivity (Wildman–Crippen MR) is 67.8 cm³/mol. The second-order valence-corrected chi connectivity index (χ2v) is 5.37. The molecule has 4 heteroatoms. The fraction of sp³-hybridized carbons (Fsp3) is 0.846. The summed E-state index contributed by atoms with van der Waals surface area (Å²) in [6, 6.07) is -0.124. The molecule has 1 aliphatic heterocycles. The zero-order valence-electron chi connectivity index (χ0n) is 11.4. The molecule has 0 aromatic rings. The number of carbonyl (C=O) groups excluding carboxylic acids is 2. The SMILES string of the molecule is CC(=O)C(C)(C)N(C)C(=O)C1CCCCCN1. The van der Waals surface area contributed by atoms with Gasteiger partial charge in [-0.25, -0.2) is 0 Å². The molecule has 1 N–H and O–H groups in total. The van der Waals surface area contributed by atoms with E-state index >= 15 is 0 Å². The molecule has 1 fully saturated rings. The molecule has 0 spiro atoms. The monoisotopic (exact) mass is 240 g/mol. The van der Waals surface area contributed by atoms with E-state index in [9.17, 15) is 9.59 Å². The highest BCUT2D eigenvalue weighted by Crippen LogP contribution is 2.17. The van der Waals surface area contributed by atoms with E-state index in [0.717, 1.165) is 25.8 Å². The van der Waals surface area contributed by atoms with Crippen LogP contribution in [-0.4, -0.2) is 41.8 Å². The van der Waals surface area contributed by atoms with Crippen LogP contribution in [0, 0.1) is 0 Å². The number of hydrogen-bond acceptors (Lipinski definition) is 3. The van der Waals surface area contributed by atoms with Crippen molar-refractivity contribution in [1.82, 2.24) is 10.2 Å². The lowest BCUT2D eigenvalue weighted by atomic mass is 9.97. The van der Waals surface area contributed by atoms with Crippen LogP contribution in [0.1, 0.15) is 46.5 Å². The largest absolute Gasteiger partial charge is 0.332 e. The average Bonchev–Trinajstić information content (AvgIpc) is 2.55. The summed E-state index contributed by atoms with van der Waals surface area (Å²) in [5, 5.41) is 3.27. The van der Waals surface area contributed by atoms with E-state index in [1.807, 2.05) is 0 Å². The van der Waals surface area contributed by atoms with Gasteiger partial charge in [-0.05, 0) is 40.2 Å². The third-order valence-electron chi connectivity index (χ3n) is 3.89. The van der Waals surface area contributed by atoms with Crippen molar-refractivity contribution >= 4 is 11.7 Å². The van der Waals surface area contributed by atoms with Crippen molar-refractivity contribution in [3.05, 3.63) is 0 Å². The van der Waals surface area contributed by atoms with Crippen LogP contribution < -0.4 is 5.32 Å². The fourth-order valence-corrected chi connectivity index (χ4v) is 1.98. The lowest BCUT2D eigenvalue weighted by Crippen LogP contribution is -2.55. The predicted octanol–water partition coefficient (Wildman–Crippen LogP) is 1.34. The van der Waals surface area contributed by atoms with Crippen molar-refractivity contribution in [3.8, 4) is 0 Å². The van der Waals surface area contributed by atoms with Crippen LogP contribution in [-0.2, 0) is 9.59 Å². The molecule has 1 rings (SSSR count). The Hall–Kier alpha value is -0.900. The molecule has 17 heavy (non-hydrogen) atoms. The van der Waals surface area contributed by atoms with Crippen LogP contribution in [0.3, 0.4) is 0 Å². The number of rotatable bonds is 3. The maximum Gasteiger partial charge on any atom is 0.240 e. The normalized spacial score (nSPS) is 21.8. The van der Waals surface area contributed by atoms with Crippen molar-refractivity contribution in [1.29, 1.82) is 0 Å². The van der Waals surface area contributed by atoms with Crippen molar-refractivity contribution in [2.45, 2.75) is 58.0 Å². The van der Waals surface area contributed by atoms with Crippen LogP contribution in [0.2, 0.25) is 0 Å². The summed E-state index contributed by atoms with van der Waals surface area (Å²) in [5.41, 5.74) is -0.717. The van der Waals surface area contributed by atoms with E-state index in [1.54, 1.807) is 25.8 Å². The number of nitrogens with zero attached hydrogens (tertiary/aromatic N) is 1. The van der Waals surface area contributed by atoms with Gasteiger partial charge < -0.3 is 10.2 Å². The standard InChI is InChI=1S/C13H24N2O2/c1-10(16)13(2,3)15(4)12(17)11-8-6-5-7-9-14-11/h11,14H,5-9H2,1-4H3. The zero-order chi connectivity index (χ0) is 13.1. The van der Waals surface area contributed by atoms with Gasteiger partial charge in [-0.1, -0.05) is 12.8 Å². The second kappa shape index (κ2) is 5.63. The van der Waals surface area contributed by atoms with Gasteiger partial charge in [0, 0.05) is 7.05 Å². The summed E-state index contributed by atoms with van der Waals surface area (Å²) in [6.45, 7) is 6.02. The molecular formula is C13H24N2O2. The van der Waals surface area contributed by atoms with E-state index in [1.165, 1.54) is 13.3 Å². The average molecular weight is 240 g/mol. The minimum Gasteiger partial charge on any atom is -0.332 e. The van der Waals surface area contributed by atoms with E-state index in [4.69, 9.17) is 0 Å². The summed E-state index contributed by atoms with van der Waals surface area (Å²) in [6.07, 6.45) is 4.26. The quantitative estimate of drug-likeness (QED) is 0.810. The molecule has 0 aliphatic carbocycles. The van der Waals surface area contributed by atoms with E-state index in [-0.39, 0.29) is 17.7 Å². The molecule has 4 nitrogen and oxygen atoms in total. The Morgan fingerprint density at radius 3 is 2.47 bits per heavy atom. The Bertz CT molecular complexity index is 292. The van der Waals surface area contributed by atoms with Gasteiger partial charge in [-0.15, -0.1) is 0 Å². The van der Waals surface area contributed by atoms with Crippen LogP contribution in [0.15, 0.2) is 0 Å². The van der Waals surface area contributed by atoms with Crippen LogP contribution in [0.5, 0.6) is 0 Å². The molecular weight excluding hydrogens is 216 g/mol. The molecule has 1 amide bonds. The summed E-state index contributed by atoms with van der Waals surface area (Å²) in [4.78, 5) is 25.4. The third kappa shape index (κ3) is 3.28. The maximum absolute atomic E-state index is 12.3. The minimum atomic E-state index is -0.717. The first-order chi connectivity index (χ1) is 7.87. The van der Waals surface area contributed by atoms with Gasteiger partial charge in [0.2, 0.25) is 5.91 Å². The van der Waals surface area contributed by atoms with Gasteiger partial charge in [0.15, 0.2) is 5.78 Å². The smallest absolute Gasteiger partial charge is 0.240 e. The molecule has 1 unspecified atom stereocenters. The van der Waals surface area contributed by atoms with E-state index in [2.05, 4.69) is 5.32 Å². The molecule has 1 heterocycles. The van der Waals surface area contributed by atoms with Crippen molar-refractivity contribution in [2.24, 2.45) is 0 Å². The van der Waals surface area contributed by atoms with Crippen molar-refractivity contribution in [3.63, 3.8) is 0 Å². The van der Waals surface area contributed by atoms with Gasteiger partial charge in [0.25, 0.3) is 0 Å². The topological polar surface area (TPSA) is 49.4 Å². The molecule has 0 radical (unpaired) electrons. The maximum atomic E-state index is 12.3. The van der Waals surface area contributed by atoms with Gasteiger partial charge in [0.05, 0.1) is 11.6 Å². The van der Waals surface area contributed by atoms with Gasteiger partial charge in [-0.3, -0.25) is 9.59 Å². The summed E-state index contributed by atoms with van der Waals surface area (Å²) in [5.74, 6) is 0.0501. The fourth-order valence-electron chi connectivity index (χ4n) is 1.98. The van der Waals surface area contributed by atoms with Gasteiger partial charge in [0.1, 0.15) is 0 Å². The molecule has 0 saturated carbocycles. The highest BCUT2D eigenvalue weighted by atomic mass is 16.2. The molecule has 98 valence electrons. The van der Waals surface area contributed by atoms with Crippen molar-refractivity contribution < 1.29 is 9.59 Å². The molecule has 0 aromatic heterocycles. The van der Waals surface area contributed by atoms with E-state index in [0.29, 0.717) is 0 Å². The van der Waals surface area contributed by atoms with Crippen LogP contribution in [0.4, 0.5) is 0 Å². The zero-order valence-corrected chi connectivity index (χ0v) is 11.4. The summed E-state index contributed by atoms with van der Waals surface area (Å²) >= 11 is 0. The molecule has 1 aliphatic rings. The highest BCUT2D eigenvalue weighted by molar-refractivity contribution is 5.92. The number of nitrogens with one attached hydrogen (secondary N) is 1. The first-order valence-corrected chi connectivity index (χ1v) is 6.39. The Morgan fingerprint density at radius 2 is 1.88 bits per heavy atom. The molecule has 0 aromatic carbocycles. The Kier molecular flexibility index (Phi) is 4.69. The first kappa shape index (κ1) is 14.2. The number of ketones is 1. The van der Waals surface area contributed by atoms with Crippen molar-refractivity contribution in [2.75, 3.05) is 13.6 Å². The number of Topliss-reactive ketones (excluding diaryl/α,β-unsaturated/α-hetero) is 1. The molecule has 0 bridgehead atoms. The second-order valence-electron chi connectivity index (χ2n) is 5.37. The number of carbonyl (C=O) groups is 2. The number of amides is 1. The molecule has 1 atom stereocenters. The Labute approximate surface area is 104 Å². The molecule has 1 saturated heterocycles. The van der Waals surface area contributed by atoms with E-state index < -0.39 is 5.54 Å².